The third-order valence-electron chi connectivity index (χ3n) is 9.63. The highest BCUT2D eigenvalue weighted by Crippen LogP contribution is 2.25. The minimum atomic E-state index is -3.79. The summed E-state index contributed by atoms with van der Waals surface area (Å²) >= 11 is 13.5. The lowest BCUT2D eigenvalue weighted by Crippen LogP contribution is -2.40. The lowest BCUT2D eigenvalue weighted by molar-refractivity contribution is 0.176. The molecule has 0 saturated heterocycles. The first-order chi connectivity index (χ1) is 28.4. The van der Waals surface area contributed by atoms with E-state index in [0.717, 1.165) is 27.9 Å². The molecule has 0 aliphatic heterocycles. The van der Waals surface area contributed by atoms with Crippen molar-refractivity contribution in [2.45, 2.75) is 110 Å². The van der Waals surface area contributed by atoms with Crippen LogP contribution in [0.1, 0.15) is 71.9 Å². The van der Waals surface area contributed by atoms with Crippen molar-refractivity contribution in [1.82, 2.24) is 37.4 Å². The first-order valence-electron chi connectivity index (χ1n) is 19.5. The molecule has 61 heavy (non-hydrogen) atoms. The minimum Gasteiger partial charge on any atom is -0.393 e. The Morgan fingerprint density at radius 3 is 1.52 bits per heavy atom. The van der Waals surface area contributed by atoms with Crippen molar-refractivity contribution in [3.8, 4) is 0 Å². The summed E-state index contributed by atoms with van der Waals surface area (Å²) in [4.78, 5) is 60.8. The van der Waals surface area contributed by atoms with Crippen LogP contribution in [0.5, 0.6) is 0 Å². The molecule has 0 bridgehead atoms. The van der Waals surface area contributed by atoms with Gasteiger partial charge in [-0.05, 0) is 74.9 Å². The van der Waals surface area contributed by atoms with Crippen molar-refractivity contribution < 1.29 is 18.6 Å². The van der Waals surface area contributed by atoms with Crippen LogP contribution in [0.3, 0.4) is 0 Å². The van der Waals surface area contributed by atoms with E-state index >= 15 is 0 Å². The molecule has 0 radical (unpaired) electrons. The maximum absolute atomic E-state index is 13.3. The third-order valence-corrected chi connectivity index (χ3v) is 13.1. The molecular weight excluding hydrogens is 868 g/mol. The number of fused-ring (bicyclic) bond motifs is 2. The van der Waals surface area contributed by atoms with Crippen LogP contribution in [0.2, 0.25) is 10.0 Å². The summed E-state index contributed by atoms with van der Waals surface area (Å²) in [5.41, 5.74) is 0.444. The molecule has 4 heterocycles. The van der Waals surface area contributed by atoms with Crippen LogP contribution < -0.4 is 22.5 Å². The Balaban J connectivity index is 0.000000265. The van der Waals surface area contributed by atoms with Crippen LogP contribution in [0.25, 0.3) is 22.3 Å². The van der Waals surface area contributed by atoms with Crippen molar-refractivity contribution in [1.29, 1.82) is 0 Å². The Bertz CT molecular complexity index is 2820. The first kappa shape index (κ1) is 49.2. The van der Waals surface area contributed by atoms with Crippen LogP contribution in [0.4, 0.5) is 0 Å². The second kappa shape index (κ2) is 21.1. The first-order valence-corrected chi connectivity index (χ1v) is 22.9. The summed E-state index contributed by atoms with van der Waals surface area (Å²) in [6, 6.07) is 14.3. The molecule has 0 fully saturated rings. The topological polar surface area (TPSA) is 198 Å². The van der Waals surface area contributed by atoms with Crippen LogP contribution >= 0.6 is 35.0 Å². The van der Waals surface area contributed by atoms with E-state index in [1.165, 1.54) is 25.3 Å². The number of aryl methyl sites for hydroxylation is 2. The molecule has 2 unspecified atom stereocenters. The molecular formula is C41H54Cl2N8O8S2. The molecule has 4 aromatic heterocycles. The van der Waals surface area contributed by atoms with Crippen LogP contribution in [0, 0.1) is 0 Å². The predicted octanol–water partition coefficient (Wildman–Crippen LogP) is 5.06. The Labute approximate surface area is 367 Å². The highest BCUT2D eigenvalue weighted by Gasteiger charge is 2.28. The number of hydrogen-bond donors (Lipinski definition) is 2. The molecule has 0 saturated carbocycles. The van der Waals surface area contributed by atoms with E-state index in [9.17, 15) is 37.8 Å². The van der Waals surface area contributed by atoms with E-state index in [1.807, 2.05) is 28.8 Å². The lowest BCUT2D eigenvalue weighted by Gasteiger charge is -2.12. The van der Waals surface area contributed by atoms with Crippen molar-refractivity contribution in [3.63, 3.8) is 0 Å². The van der Waals surface area contributed by atoms with Gasteiger partial charge >= 0.3 is 11.4 Å². The zero-order valence-corrected chi connectivity index (χ0v) is 37.5. The van der Waals surface area contributed by atoms with Crippen LogP contribution in [0.15, 0.2) is 78.0 Å². The number of aromatic nitrogens is 8. The average Bonchev–Trinajstić information content (AvgIpc) is 3.76. The molecule has 2 N–H and O–H groups in total. The zero-order valence-electron chi connectivity index (χ0n) is 34.3. The van der Waals surface area contributed by atoms with E-state index in [4.69, 9.17) is 23.2 Å². The lowest BCUT2D eigenvalue weighted by atomic mass is 10.2. The average molecular weight is 922 g/mol. The Kier molecular flexibility index (Phi) is 17.0. The second-order valence-electron chi connectivity index (χ2n) is 14.6. The van der Waals surface area contributed by atoms with Crippen molar-refractivity contribution in [2.75, 3.05) is 11.5 Å². The maximum Gasteiger partial charge on any atom is 0.332 e. The molecule has 6 rings (SSSR count). The molecule has 2 aromatic carbocycles. The van der Waals surface area contributed by atoms with Gasteiger partial charge in [-0.3, -0.25) is 27.9 Å². The van der Waals surface area contributed by atoms with Gasteiger partial charge in [-0.1, -0.05) is 80.5 Å². The molecule has 0 amide bonds. The fraction of sp³-hybridized carbons (Fsp3) is 0.463. The summed E-state index contributed by atoms with van der Waals surface area (Å²) in [5, 5.41) is 20.8. The number of aliphatic hydroxyl groups is 2. The summed E-state index contributed by atoms with van der Waals surface area (Å²) in [7, 11) is -0.729. The molecule has 20 heteroatoms. The van der Waals surface area contributed by atoms with Crippen LogP contribution in [-0.4, -0.2) is 79.7 Å². The Morgan fingerprint density at radius 1 is 0.672 bits per heavy atom. The summed E-state index contributed by atoms with van der Waals surface area (Å²) in [6.45, 7) is 7.69. The number of benzene rings is 2. The molecule has 2 atom stereocenters. The summed E-state index contributed by atoms with van der Waals surface area (Å²) in [5.74, 6) is 0.717. The van der Waals surface area contributed by atoms with Gasteiger partial charge in [-0.25, -0.2) is 23.0 Å². The van der Waals surface area contributed by atoms with Gasteiger partial charge in [0.1, 0.15) is 0 Å². The molecule has 0 aliphatic carbocycles. The van der Waals surface area contributed by atoms with Gasteiger partial charge in [-0.2, -0.15) is 4.98 Å². The number of imidazole rings is 2. The van der Waals surface area contributed by atoms with Crippen molar-refractivity contribution in [3.05, 3.63) is 111 Å². The fourth-order valence-corrected chi connectivity index (χ4v) is 9.01. The van der Waals surface area contributed by atoms with E-state index in [0.29, 0.717) is 45.8 Å². The zero-order chi connectivity index (χ0) is 44.1. The summed E-state index contributed by atoms with van der Waals surface area (Å²) in [6.07, 6.45) is 0.566. The monoisotopic (exact) mass is 920 g/mol. The number of nitrogens with zero attached hydrogens (tertiary/aromatic N) is 8. The number of aliphatic hydroxyl groups excluding tert-OH is 2. The van der Waals surface area contributed by atoms with Gasteiger partial charge in [0.2, 0.25) is 15.0 Å². The molecule has 0 spiro atoms. The molecule has 332 valence electrons. The van der Waals surface area contributed by atoms with Gasteiger partial charge in [-0.15, -0.1) is 0 Å². The largest absolute Gasteiger partial charge is 0.393 e. The van der Waals surface area contributed by atoms with E-state index in [2.05, 4.69) is 16.9 Å². The van der Waals surface area contributed by atoms with Gasteiger partial charge in [0, 0.05) is 43.0 Å². The third kappa shape index (κ3) is 11.1. The molecule has 16 nitrogen and oxygen atoms in total. The standard InChI is InChI=1S/C20H25ClN4O5S.C20H25ClN4O3S.CH4/c1-4-11-31(29,30)19-22-17-16(25(19)12-14-5-7-15(21)8-6-14)18(27)24(10-9-13(2)26)20(28)23(17)3;1-4-11-29-19-22-17-16(25(19)12-14-5-7-15(21)8-6-14)18(27)24(10-9-13(2)26)20(28)23(17)3;/h5-8,13,26H,4,9-12H2,1-3H3;5-8,13,26H,4,9-12H2,1-3H3;1H4. The second-order valence-corrected chi connectivity index (χ2v) is 18.5. The molecule has 0 aliphatic rings. The summed E-state index contributed by atoms with van der Waals surface area (Å²) < 4.78 is 33.9. The maximum atomic E-state index is 13.3. The normalized spacial score (nSPS) is 12.6. The SMILES string of the molecule is C.CCCS(=O)(=O)c1nc2c(c(=O)n(CCC(C)O)c(=O)n2C)n1Cc1ccc(Cl)cc1.CCCSc1nc2c(c(=O)n(CCC(C)O)c(=O)n2C)n1Cc1ccc(Cl)cc1. The Morgan fingerprint density at radius 2 is 1.10 bits per heavy atom. The Hall–Kier alpha value is -4.46. The van der Waals surface area contributed by atoms with E-state index in [1.54, 1.807) is 63.8 Å². The van der Waals surface area contributed by atoms with Gasteiger partial charge in [0.05, 0.1) is 31.1 Å². The fourth-order valence-electron chi connectivity index (χ4n) is 6.47. The number of halogens is 2. The number of sulfone groups is 1. The van der Waals surface area contributed by atoms with Gasteiger partial charge in [0.25, 0.3) is 11.1 Å². The number of rotatable bonds is 16. The van der Waals surface area contributed by atoms with Gasteiger partial charge in [0.15, 0.2) is 27.5 Å². The predicted molar refractivity (Wildman–Crippen MR) is 242 cm³/mol. The molecule has 6 aromatic rings. The minimum absolute atomic E-state index is 0. The highest BCUT2D eigenvalue weighted by atomic mass is 35.5. The van der Waals surface area contributed by atoms with Gasteiger partial charge < -0.3 is 19.3 Å². The smallest absolute Gasteiger partial charge is 0.332 e. The van der Waals surface area contributed by atoms with E-state index in [-0.39, 0.29) is 61.1 Å². The van der Waals surface area contributed by atoms with Crippen molar-refractivity contribution in [2.24, 2.45) is 14.1 Å². The quantitative estimate of drug-likeness (QED) is 0.123. The highest BCUT2D eigenvalue weighted by molar-refractivity contribution is 7.99. The number of thioether (sulfide) groups is 1. The van der Waals surface area contributed by atoms with E-state index < -0.39 is 39.0 Å². The number of hydrogen-bond acceptors (Lipinski definition) is 11. The van der Waals surface area contributed by atoms with Crippen LogP contribution in [-0.2, 0) is 50.1 Å². The van der Waals surface area contributed by atoms with Crippen molar-refractivity contribution >= 4 is 67.1 Å².